The molecule has 0 atom stereocenters. The second-order valence-electron chi connectivity index (χ2n) is 3.31. The fraction of sp³-hybridized carbons (Fsp3) is 0.636. The number of methoxy groups -OCH3 is 1. The zero-order chi connectivity index (χ0) is 12.4. The Bertz CT molecular complexity index is 264. The molecule has 16 heavy (non-hydrogen) atoms. The third-order valence-corrected chi connectivity index (χ3v) is 2.46. The molecule has 92 valence electrons. The van der Waals surface area contributed by atoms with E-state index in [1.807, 2.05) is 6.92 Å². The highest BCUT2D eigenvalue weighted by Crippen LogP contribution is 2.07. The summed E-state index contributed by atoms with van der Waals surface area (Å²) in [4.78, 5) is 22.7. The van der Waals surface area contributed by atoms with E-state index in [9.17, 15) is 9.59 Å². The van der Waals surface area contributed by atoms with Crippen LogP contribution in [0.2, 0.25) is 0 Å². The maximum atomic E-state index is 11.4. The van der Waals surface area contributed by atoms with Crippen molar-refractivity contribution in [2.45, 2.75) is 26.2 Å². The molecule has 5 heteroatoms. The summed E-state index contributed by atoms with van der Waals surface area (Å²) in [5.41, 5.74) is 0. The van der Waals surface area contributed by atoms with Gasteiger partial charge in [-0.1, -0.05) is 13.3 Å². The number of allylic oxidation sites excluding steroid dienone is 1. The molecule has 0 aliphatic carbocycles. The first-order valence-electron chi connectivity index (χ1n) is 5.29. The summed E-state index contributed by atoms with van der Waals surface area (Å²) in [6.07, 6.45) is 3.63. The highest BCUT2D eigenvalue weighted by Gasteiger charge is 2.07. The summed E-state index contributed by atoms with van der Waals surface area (Å²) >= 11 is 3.08. The lowest BCUT2D eigenvalue weighted by Gasteiger charge is -2.03. The topological polar surface area (TPSA) is 55.4 Å². The van der Waals surface area contributed by atoms with Crippen LogP contribution in [0.15, 0.2) is 10.6 Å². The summed E-state index contributed by atoms with van der Waals surface area (Å²) in [6, 6.07) is 0. The Morgan fingerprint density at radius 2 is 2.12 bits per heavy atom. The number of rotatable bonds is 8. The predicted molar refractivity (Wildman–Crippen MR) is 66.4 cm³/mol. The lowest BCUT2D eigenvalue weighted by Crippen LogP contribution is -2.27. The molecule has 0 aliphatic rings. The second-order valence-corrected chi connectivity index (χ2v) is 4.17. The van der Waals surface area contributed by atoms with Crippen LogP contribution < -0.4 is 5.32 Å². The Hall–Kier alpha value is -0.680. The molecule has 0 saturated carbocycles. The summed E-state index contributed by atoms with van der Waals surface area (Å²) in [5.74, 6) is -0.322. The van der Waals surface area contributed by atoms with Gasteiger partial charge in [0.05, 0.1) is 11.1 Å². The molecule has 0 aromatic rings. The molecule has 0 unspecified atom stereocenters. The van der Waals surface area contributed by atoms with Crippen LogP contribution in [0.25, 0.3) is 0 Å². The van der Waals surface area contributed by atoms with Crippen molar-refractivity contribution in [3.8, 4) is 0 Å². The van der Waals surface area contributed by atoms with Crippen LogP contribution in [0.1, 0.15) is 26.2 Å². The van der Waals surface area contributed by atoms with Gasteiger partial charge in [0.1, 0.15) is 0 Å². The molecule has 0 rings (SSSR count). The number of ether oxygens (including phenoxy) is 1. The van der Waals surface area contributed by atoms with Crippen LogP contribution in [-0.2, 0) is 14.3 Å². The minimum atomic E-state index is -0.290. The van der Waals surface area contributed by atoms with Gasteiger partial charge < -0.3 is 10.1 Å². The average molecular weight is 292 g/mol. The molecule has 0 radical (unpaired) electrons. The summed E-state index contributed by atoms with van der Waals surface area (Å²) in [7, 11) is 1.56. The molecule has 0 fully saturated rings. The third kappa shape index (κ3) is 7.59. The molecule has 4 nitrogen and oxygen atoms in total. The lowest BCUT2D eigenvalue weighted by atomic mass is 10.2. The van der Waals surface area contributed by atoms with Gasteiger partial charge in [0.2, 0.25) is 0 Å². The van der Waals surface area contributed by atoms with Crippen LogP contribution in [0.3, 0.4) is 0 Å². The van der Waals surface area contributed by atoms with Gasteiger partial charge in [-0.15, -0.1) is 0 Å². The van der Waals surface area contributed by atoms with Crippen LogP contribution in [0.4, 0.5) is 0 Å². The van der Waals surface area contributed by atoms with Crippen molar-refractivity contribution < 1.29 is 14.3 Å². The first kappa shape index (κ1) is 15.3. The Kier molecular flexibility index (Phi) is 9.13. The van der Waals surface area contributed by atoms with E-state index in [1.54, 1.807) is 7.11 Å². The molecule has 0 saturated heterocycles. The predicted octanol–water partition coefficient (Wildman–Crippen LogP) is 1.79. The van der Waals surface area contributed by atoms with Crippen molar-refractivity contribution in [1.82, 2.24) is 5.32 Å². The fourth-order valence-electron chi connectivity index (χ4n) is 0.981. The zero-order valence-corrected chi connectivity index (χ0v) is 11.3. The summed E-state index contributed by atoms with van der Waals surface area (Å²) in [5, 5.41) is 2.61. The number of hydrogen-bond acceptors (Lipinski definition) is 3. The van der Waals surface area contributed by atoms with E-state index >= 15 is 0 Å². The molecule has 0 bridgehead atoms. The summed E-state index contributed by atoms with van der Waals surface area (Å²) < 4.78 is 5.06. The molecule has 0 aliphatic heterocycles. The number of unbranched alkanes of at least 4 members (excludes halogenated alkanes) is 1. The van der Waals surface area contributed by atoms with E-state index in [4.69, 9.17) is 4.74 Å². The minimum absolute atomic E-state index is 0.0318. The van der Waals surface area contributed by atoms with Crippen molar-refractivity contribution in [2.24, 2.45) is 0 Å². The van der Waals surface area contributed by atoms with Crippen molar-refractivity contribution in [3.63, 3.8) is 0 Å². The smallest absolute Gasteiger partial charge is 0.258 e. The quantitative estimate of drug-likeness (QED) is 0.548. The minimum Gasteiger partial charge on any atom is -0.383 e. The highest BCUT2D eigenvalue weighted by molar-refractivity contribution is 9.12. The monoisotopic (exact) mass is 291 g/mol. The molecule has 0 aromatic carbocycles. The van der Waals surface area contributed by atoms with Crippen molar-refractivity contribution in [2.75, 3.05) is 20.3 Å². The van der Waals surface area contributed by atoms with Crippen molar-refractivity contribution in [3.05, 3.63) is 10.6 Å². The van der Waals surface area contributed by atoms with E-state index in [1.165, 1.54) is 6.08 Å². The molecule has 0 heterocycles. The molecule has 0 aromatic heterocycles. The number of nitrogens with one attached hydrogen (secondary N) is 1. The van der Waals surface area contributed by atoms with Crippen LogP contribution >= 0.6 is 15.9 Å². The van der Waals surface area contributed by atoms with Gasteiger partial charge in [-0.3, -0.25) is 9.59 Å². The fourth-order valence-corrected chi connectivity index (χ4v) is 1.38. The number of carbonyl (C=O) groups excluding carboxylic acids is 2. The van der Waals surface area contributed by atoms with Gasteiger partial charge in [0.15, 0.2) is 5.78 Å². The van der Waals surface area contributed by atoms with E-state index < -0.39 is 0 Å². The lowest BCUT2D eigenvalue weighted by molar-refractivity contribution is -0.118. The molecule has 1 amide bonds. The highest BCUT2D eigenvalue weighted by atomic mass is 79.9. The van der Waals surface area contributed by atoms with Crippen LogP contribution in [0.5, 0.6) is 0 Å². The van der Waals surface area contributed by atoms with Crippen molar-refractivity contribution >= 4 is 27.6 Å². The Balaban J connectivity index is 4.00. The largest absolute Gasteiger partial charge is 0.383 e. The average Bonchev–Trinajstić information content (AvgIpc) is 2.26. The van der Waals surface area contributed by atoms with E-state index in [0.717, 1.165) is 12.8 Å². The normalized spacial score (nSPS) is 11.3. The standard InChI is InChI=1S/C11H18BrNO3/c1-3-4-5-9(14)8-10(12)11(15)13-6-7-16-2/h8H,3-7H2,1-2H3,(H,13,15)/b10-8-. The first-order valence-corrected chi connectivity index (χ1v) is 6.08. The van der Waals surface area contributed by atoms with Gasteiger partial charge >= 0.3 is 0 Å². The van der Waals surface area contributed by atoms with Crippen LogP contribution in [0, 0.1) is 0 Å². The van der Waals surface area contributed by atoms with E-state index in [0.29, 0.717) is 19.6 Å². The number of hydrogen-bond donors (Lipinski definition) is 1. The van der Waals surface area contributed by atoms with Crippen molar-refractivity contribution in [1.29, 1.82) is 0 Å². The van der Waals surface area contributed by atoms with Gasteiger partial charge in [-0.05, 0) is 22.4 Å². The SMILES string of the molecule is CCCCC(=O)/C=C(\Br)C(=O)NCCOC. The number of amides is 1. The number of halogens is 1. The van der Waals surface area contributed by atoms with Gasteiger partial charge in [0, 0.05) is 26.2 Å². The summed E-state index contributed by atoms with van der Waals surface area (Å²) in [6.45, 7) is 2.90. The molecular weight excluding hydrogens is 274 g/mol. The second kappa shape index (κ2) is 9.54. The third-order valence-electron chi connectivity index (χ3n) is 1.87. The molecular formula is C11H18BrNO3. The first-order chi connectivity index (χ1) is 7.61. The number of ketones is 1. The van der Waals surface area contributed by atoms with Gasteiger partial charge in [-0.2, -0.15) is 0 Å². The Morgan fingerprint density at radius 1 is 1.44 bits per heavy atom. The Morgan fingerprint density at radius 3 is 2.69 bits per heavy atom. The maximum Gasteiger partial charge on any atom is 0.258 e. The van der Waals surface area contributed by atoms with E-state index in [2.05, 4.69) is 21.2 Å². The molecule has 0 spiro atoms. The van der Waals surface area contributed by atoms with Gasteiger partial charge in [0.25, 0.3) is 5.91 Å². The van der Waals surface area contributed by atoms with Gasteiger partial charge in [-0.25, -0.2) is 0 Å². The Labute approximate surface area is 105 Å². The van der Waals surface area contributed by atoms with Crippen LogP contribution in [-0.4, -0.2) is 32.0 Å². The zero-order valence-electron chi connectivity index (χ0n) is 9.72. The maximum absolute atomic E-state index is 11.4. The van der Waals surface area contributed by atoms with E-state index in [-0.39, 0.29) is 16.2 Å². The molecule has 1 N–H and O–H groups in total. The number of carbonyl (C=O) groups is 2.